The van der Waals surface area contributed by atoms with Gasteiger partial charge in [-0.15, -0.1) is 0 Å². The van der Waals surface area contributed by atoms with Gasteiger partial charge in [-0.25, -0.2) is 18.6 Å². The number of nitriles is 1. The smallest absolute Gasteiger partial charge is 0.317 e. The van der Waals surface area contributed by atoms with Crippen molar-refractivity contribution < 1.29 is 13.6 Å². The van der Waals surface area contributed by atoms with E-state index in [2.05, 4.69) is 16.4 Å². The molecule has 25 heavy (non-hydrogen) atoms. The number of nitrogens with zero attached hydrogens (tertiary/aromatic N) is 4. The van der Waals surface area contributed by atoms with Crippen molar-refractivity contribution in [1.82, 2.24) is 15.2 Å². The molecule has 1 N–H and O–H groups in total. The van der Waals surface area contributed by atoms with Gasteiger partial charge in [-0.1, -0.05) is 0 Å². The van der Waals surface area contributed by atoms with Gasteiger partial charge in [-0.2, -0.15) is 5.26 Å². The molecule has 1 saturated carbocycles. The highest BCUT2D eigenvalue weighted by Gasteiger charge is 2.37. The number of hydrogen-bond acceptors (Lipinski definition) is 4. The summed E-state index contributed by atoms with van der Waals surface area (Å²) in [7, 11) is 0. The summed E-state index contributed by atoms with van der Waals surface area (Å²) in [6.45, 7) is 2.05. The number of amides is 2. The number of carbonyl (C=O) groups is 1. The molecule has 0 bridgehead atoms. The highest BCUT2D eigenvalue weighted by Crippen LogP contribution is 2.33. The Labute approximate surface area is 145 Å². The lowest BCUT2D eigenvalue weighted by atomic mass is 9.92. The fourth-order valence-corrected chi connectivity index (χ4v) is 3.42. The Hall–Kier alpha value is -2.43. The van der Waals surface area contributed by atoms with E-state index in [0.29, 0.717) is 50.4 Å². The molecule has 1 aliphatic carbocycles. The van der Waals surface area contributed by atoms with Gasteiger partial charge in [-0.05, 0) is 25.0 Å². The number of halogens is 2. The van der Waals surface area contributed by atoms with Crippen LogP contribution in [0.1, 0.15) is 31.2 Å². The maximum absolute atomic E-state index is 13.5. The summed E-state index contributed by atoms with van der Waals surface area (Å²) < 4.78 is 26.9. The van der Waals surface area contributed by atoms with Crippen LogP contribution in [0.25, 0.3) is 0 Å². The van der Waals surface area contributed by atoms with E-state index in [4.69, 9.17) is 5.26 Å². The van der Waals surface area contributed by atoms with Crippen LogP contribution in [0.15, 0.2) is 18.3 Å². The Morgan fingerprint density at radius 3 is 2.80 bits per heavy atom. The van der Waals surface area contributed by atoms with Gasteiger partial charge >= 0.3 is 6.03 Å². The third-order valence-corrected chi connectivity index (χ3v) is 4.74. The molecule has 0 aromatic carbocycles. The first kappa shape index (κ1) is 17.4. The number of pyridine rings is 1. The molecular weight excluding hydrogens is 328 g/mol. The molecular formula is C17H21F2N5O. The fourth-order valence-electron chi connectivity index (χ4n) is 3.42. The van der Waals surface area contributed by atoms with Crippen molar-refractivity contribution in [3.63, 3.8) is 0 Å². The summed E-state index contributed by atoms with van der Waals surface area (Å²) in [4.78, 5) is 20.2. The maximum Gasteiger partial charge on any atom is 0.317 e. The number of urea groups is 1. The number of hydrogen-bond donors (Lipinski definition) is 1. The van der Waals surface area contributed by atoms with Crippen molar-refractivity contribution in [1.29, 1.82) is 5.26 Å². The third kappa shape index (κ3) is 4.16. The minimum Gasteiger partial charge on any atom is -0.352 e. The van der Waals surface area contributed by atoms with Crippen LogP contribution >= 0.6 is 0 Å². The van der Waals surface area contributed by atoms with Crippen LogP contribution in [-0.4, -0.2) is 54.1 Å². The van der Waals surface area contributed by atoms with Crippen molar-refractivity contribution in [3.05, 3.63) is 23.9 Å². The molecule has 1 atom stereocenters. The second kappa shape index (κ2) is 7.21. The fraction of sp³-hybridized carbons (Fsp3) is 0.588. The van der Waals surface area contributed by atoms with Gasteiger partial charge in [0.1, 0.15) is 11.9 Å². The monoisotopic (exact) mass is 349 g/mol. The summed E-state index contributed by atoms with van der Waals surface area (Å²) >= 11 is 0. The van der Waals surface area contributed by atoms with E-state index < -0.39 is 12.0 Å². The summed E-state index contributed by atoms with van der Waals surface area (Å²) in [5.74, 6) is -2.06. The first-order chi connectivity index (χ1) is 12.0. The predicted octanol–water partition coefficient (Wildman–Crippen LogP) is 2.36. The minimum absolute atomic E-state index is 0.0939. The molecule has 2 fully saturated rings. The molecule has 6 nitrogen and oxygen atoms in total. The molecule has 0 spiro atoms. The summed E-state index contributed by atoms with van der Waals surface area (Å²) in [6.07, 6.45) is 2.29. The van der Waals surface area contributed by atoms with E-state index in [1.54, 1.807) is 23.2 Å². The molecule has 0 radical (unpaired) electrons. The van der Waals surface area contributed by atoms with Gasteiger partial charge < -0.3 is 15.1 Å². The van der Waals surface area contributed by atoms with Gasteiger partial charge in [-0.3, -0.25) is 0 Å². The highest BCUT2D eigenvalue weighted by atomic mass is 19.3. The number of alkyl halides is 2. The van der Waals surface area contributed by atoms with Crippen molar-refractivity contribution in [2.45, 2.75) is 37.6 Å². The number of piperazine rings is 1. The van der Waals surface area contributed by atoms with E-state index in [-0.39, 0.29) is 18.9 Å². The number of carbonyl (C=O) groups excluding carboxylic acids is 1. The molecule has 1 unspecified atom stereocenters. The average Bonchev–Trinajstić information content (AvgIpc) is 2.61. The maximum atomic E-state index is 13.5. The Morgan fingerprint density at radius 1 is 1.36 bits per heavy atom. The zero-order chi connectivity index (χ0) is 17.9. The third-order valence-electron chi connectivity index (χ3n) is 4.74. The molecule has 134 valence electrons. The summed E-state index contributed by atoms with van der Waals surface area (Å²) in [5, 5.41) is 11.9. The molecule has 8 heteroatoms. The standard InChI is InChI=1S/C17H21F2N5O/c18-17(19)5-1-4-14(11-17)22-16(25)24-9-7-23(8-10-24)15-13(12-20)3-2-6-21-15/h2-3,6,14H,1,4-5,7-11H2,(H,22,25). The van der Waals surface area contributed by atoms with E-state index >= 15 is 0 Å². The Balaban J connectivity index is 1.54. The van der Waals surface area contributed by atoms with Crippen LogP contribution < -0.4 is 10.2 Å². The van der Waals surface area contributed by atoms with Gasteiger partial charge in [0.15, 0.2) is 0 Å². The van der Waals surface area contributed by atoms with Crippen molar-refractivity contribution in [2.24, 2.45) is 0 Å². The van der Waals surface area contributed by atoms with Crippen LogP contribution in [0.4, 0.5) is 19.4 Å². The molecule has 1 aromatic heterocycles. The SMILES string of the molecule is N#Cc1cccnc1N1CCN(C(=O)NC2CCCC(F)(F)C2)CC1. The van der Waals surface area contributed by atoms with E-state index in [1.807, 2.05) is 4.90 Å². The Bertz CT molecular complexity index is 667. The lowest BCUT2D eigenvalue weighted by Gasteiger charge is -2.37. The largest absolute Gasteiger partial charge is 0.352 e. The number of rotatable bonds is 2. The lowest BCUT2D eigenvalue weighted by Crippen LogP contribution is -2.54. The van der Waals surface area contributed by atoms with Crippen LogP contribution in [0.3, 0.4) is 0 Å². The van der Waals surface area contributed by atoms with E-state index in [0.717, 1.165) is 0 Å². The molecule has 1 saturated heterocycles. The number of anilines is 1. The summed E-state index contributed by atoms with van der Waals surface area (Å²) in [5.41, 5.74) is 0.504. The Kier molecular flexibility index (Phi) is 5.02. The normalized spacial score (nSPS) is 23.0. The number of aromatic nitrogens is 1. The second-order valence-corrected chi connectivity index (χ2v) is 6.56. The van der Waals surface area contributed by atoms with Crippen molar-refractivity contribution in [2.75, 3.05) is 31.1 Å². The zero-order valence-electron chi connectivity index (χ0n) is 13.9. The van der Waals surface area contributed by atoms with Gasteiger partial charge in [0.25, 0.3) is 0 Å². The average molecular weight is 349 g/mol. The molecule has 1 aliphatic heterocycles. The predicted molar refractivity (Wildman–Crippen MR) is 88.5 cm³/mol. The molecule has 2 heterocycles. The topological polar surface area (TPSA) is 72.3 Å². The van der Waals surface area contributed by atoms with Crippen LogP contribution in [0.2, 0.25) is 0 Å². The lowest BCUT2D eigenvalue weighted by molar-refractivity contribution is -0.0429. The highest BCUT2D eigenvalue weighted by molar-refractivity contribution is 5.75. The van der Waals surface area contributed by atoms with Crippen LogP contribution in [0.5, 0.6) is 0 Å². The first-order valence-electron chi connectivity index (χ1n) is 8.52. The molecule has 2 amide bonds. The second-order valence-electron chi connectivity index (χ2n) is 6.56. The first-order valence-corrected chi connectivity index (χ1v) is 8.52. The molecule has 1 aromatic rings. The van der Waals surface area contributed by atoms with Gasteiger partial charge in [0, 0.05) is 51.3 Å². The van der Waals surface area contributed by atoms with Crippen molar-refractivity contribution in [3.8, 4) is 6.07 Å². The van der Waals surface area contributed by atoms with Gasteiger partial charge in [0.2, 0.25) is 5.92 Å². The van der Waals surface area contributed by atoms with Gasteiger partial charge in [0.05, 0.1) is 5.56 Å². The van der Waals surface area contributed by atoms with Crippen LogP contribution in [0, 0.1) is 11.3 Å². The zero-order valence-corrected chi connectivity index (χ0v) is 13.9. The number of nitrogens with one attached hydrogen (secondary N) is 1. The van der Waals surface area contributed by atoms with E-state index in [9.17, 15) is 13.6 Å². The quantitative estimate of drug-likeness (QED) is 0.890. The summed E-state index contributed by atoms with van der Waals surface area (Å²) in [6, 6.07) is 4.80. The van der Waals surface area contributed by atoms with E-state index in [1.165, 1.54) is 0 Å². The minimum atomic E-state index is -2.68. The molecule has 3 rings (SSSR count). The van der Waals surface area contributed by atoms with Crippen LogP contribution in [-0.2, 0) is 0 Å². The van der Waals surface area contributed by atoms with Crippen molar-refractivity contribution >= 4 is 11.8 Å². The molecule has 2 aliphatic rings. The Morgan fingerprint density at radius 2 is 2.12 bits per heavy atom.